The average Bonchev–Trinajstić information content (AvgIpc) is 3.00. The lowest BCUT2D eigenvalue weighted by molar-refractivity contribution is 0.288. The molecule has 132 valence electrons. The fraction of sp³-hybridized carbons (Fsp3) is 0.444. The van der Waals surface area contributed by atoms with Crippen molar-refractivity contribution in [3.8, 4) is 11.4 Å². The second kappa shape index (κ2) is 7.57. The molecule has 3 rings (SSSR count). The van der Waals surface area contributed by atoms with E-state index in [1.165, 1.54) is 0 Å². The van der Waals surface area contributed by atoms with Crippen LogP contribution in [0.15, 0.2) is 30.7 Å². The Morgan fingerprint density at radius 1 is 1.20 bits per heavy atom. The SMILES string of the molecule is CCC[C@H](CNc1nc(-c2ccncc2)nc2c1cnn2C)N(C)C. The number of fused-ring (bicyclic) bond motifs is 1. The highest BCUT2D eigenvalue weighted by Gasteiger charge is 2.15. The lowest BCUT2D eigenvalue weighted by Crippen LogP contribution is -2.34. The number of hydrogen-bond acceptors (Lipinski definition) is 6. The van der Waals surface area contributed by atoms with Crippen molar-refractivity contribution in [2.75, 3.05) is 26.0 Å². The first kappa shape index (κ1) is 17.3. The summed E-state index contributed by atoms with van der Waals surface area (Å²) < 4.78 is 1.78. The molecule has 1 N–H and O–H groups in total. The van der Waals surface area contributed by atoms with Gasteiger partial charge in [0.05, 0.1) is 11.6 Å². The summed E-state index contributed by atoms with van der Waals surface area (Å²) >= 11 is 0. The summed E-state index contributed by atoms with van der Waals surface area (Å²) in [7, 11) is 6.13. The normalized spacial score (nSPS) is 12.7. The van der Waals surface area contributed by atoms with Crippen LogP contribution in [0.2, 0.25) is 0 Å². The molecule has 7 heteroatoms. The van der Waals surface area contributed by atoms with Crippen LogP contribution in [-0.2, 0) is 7.05 Å². The van der Waals surface area contributed by atoms with E-state index >= 15 is 0 Å². The van der Waals surface area contributed by atoms with E-state index in [1.807, 2.05) is 25.4 Å². The van der Waals surface area contributed by atoms with Gasteiger partial charge in [0.15, 0.2) is 11.5 Å². The maximum Gasteiger partial charge on any atom is 0.164 e. The molecule has 0 radical (unpaired) electrons. The highest BCUT2D eigenvalue weighted by Crippen LogP contribution is 2.24. The molecule has 0 fully saturated rings. The molecule has 0 spiro atoms. The Hall–Kier alpha value is -2.54. The van der Waals surface area contributed by atoms with Crippen LogP contribution < -0.4 is 5.32 Å². The van der Waals surface area contributed by atoms with E-state index in [0.717, 1.165) is 41.8 Å². The quantitative estimate of drug-likeness (QED) is 0.713. The number of anilines is 1. The van der Waals surface area contributed by atoms with Crippen LogP contribution in [0.4, 0.5) is 5.82 Å². The van der Waals surface area contributed by atoms with E-state index in [4.69, 9.17) is 4.98 Å². The van der Waals surface area contributed by atoms with E-state index in [1.54, 1.807) is 17.1 Å². The molecule has 1 atom stereocenters. The van der Waals surface area contributed by atoms with E-state index in [9.17, 15) is 0 Å². The van der Waals surface area contributed by atoms with Gasteiger partial charge in [0, 0.05) is 37.6 Å². The molecule has 0 unspecified atom stereocenters. The zero-order chi connectivity index (χ0) is 17.8. The predicted octanol–water partition coefficient (Wildman–Crippen LogP) is 2.57. The van der Waals surface area contributed by atoms with Crippen molar-refractivity contribution in [2.24, 2.45) is 7.05 Å². The third kappa shape index (κ3) is 3.76. The third-order valence-corrected chi connectivity index (χ3v) is 4.39. The smallest absolute Gasteiger partial charge is 0.164 e. The Balaban J connectivity index is 1.96. The van der Waals surface area contributed by atoms with Gasteiger partial charge >= 0.3 is 0 Å². The van der Waals surface area contributed by atoms with E-state index < -0.39 is 0 Å². The zero-order valence-corrected chi connectivity index (χ0v) is 15.3. The Morgan fingerprint density at radius 3 is 2.64 bits per heavy atom. The summed E-state index contributed by atoms with van der Waals surface area (Å²) in [6.07, 6.45) is 7.61. The van der Waals surface area contributed by atoms with Crippen molar-refractivity contribution in [2.45, 2.75) is 25.8 Å². The van der Waals surface area contributed by atoms with Crippen molar-refractivity contribution >= 4 is 16.9 Å². The van der Waals surface area contributed by atoms with Gasteiger partial charge in [0.2, 0.25) is 0 Å². The molecule has 0 saturated heterocycles. The molecule has 3 aromatic rings. The molecule has 0 aromatic carbocycles. The number of hydrogen-bond donors (Lipinski definition) is 1. The van der Waals surface area contributed by atoms with Gasteiger partial charge in [-0.15, -0.1) is 0 Å². The molecule has 0 amide bonds. The molecule has 25 heavy (non-hydrogen) atoms. The van der Waals surface area contributed by atoms with Crippen molar-refractivity contribution in [3.63, 3.8) is 0 Å². The highest BCUT2D eigenvalue weighted by atomic mass is 15.3. The van der Waals surface area contributed by atoms with Gasteiger partial charge in [-0.05, 0) is 32.6 Å². The van der Waals surface area contributed by atoms with Crippen LogP contribution >= 0.6 is 0 Å². The molecule has 0 bridgehead atoms. The zero-order valence-electron chi connectivity index (χ0n) is 15.3. The van der Waals surface area contributed by atoms with Crippen LogP contribution in [-0.4, -0.2) is 56.3 Å². The van der Waals surface area contributed by atoms with Crippen molar-refractivity contribution in [1.29, 1.82) is 0 Å². The number of rotatable bonds is 7. The molecular formula is C18H25N7. The number of aryl methyl sites for hydroxylation is 1. The maximum atomic E-state index is 4.75. The first-order valence-electron chi connectivity index (χ1n) is 8.60. The molecule has 0 aliphatic heterocycles. The third-order valence-electron chi connectivity index (χ3n) is 4.39. The van der Waals surface area contributed by atoms with Gasteiger partial charge < -0.3 is 10.2 Å². The van der Waals surface area contributed by atoms with Crippen molar-refractivity contribution in [3.05, 3.63) is 30.7 Å². The maximum absolute atomic E-state index is 4.75. The largest absolute Gasteiger partial charge is 0.368 e. The Bertz CT molecular complexity index is 826. The lowest BCUT2D eigenvalue weighted by Gasteiger charge is -2.24. The van der Waals surface area contributed by atoms with Crippen LogP contribution in [0.3, 0.4) is 0 Å². The molecular weight excluding hydrogens is 314 g/mol. The van der Waals surface area contributed by atoms with Crippen LogP contribution in [0.25, 0.3) is 22.4 Å². The standard InChI is InChI=1S/C18H25N7/c1-5-6-14(24(2)3)11-20-17-15-12-21-25(4)18(15)23-16(22-17)13-7-9-19-10-8-13/h7-10,12,14H,5-6,11H2,1-4H3,(H,20,22,23)/t14-/m1/s1. The highest BCUT2D eigenvalue weighted by molar-refractivity contribution is 5.88. The molecule has 0 aliphatic rings. The molecule has 0 aliphatic carbocycles. The van der Waals surface area contributed by atoms with Gasteiger partial charge in [-0.3, -0.25) is 9.67 Å². The van der Waals surface area contributed by atoms with Gasteiger partial charge in [-0.25, -0.2) is 9.97 Å². The first-order valence-corrected chi connectivity index (χ1v) is 8.60. The minimum absolute atomic E-state index is 0.455. The van der Waals surface area contributed by atoms with Gasteiger partial charge in [-0.1, -0.05) is 13.3 Å². The van der Waals surface area contributed by atoms with E-state index in [2.05, 4.69) is 46.3 Å². The summed E-state index contributed by atoms with van der Waals surface area (Å²) in [4.78, 5) is 15.7. The fourth-order valence-corrected chi connectivity index (χ4v) is 2.88. The topological polar surface area (TPSA) is 71.8 Å². The summed E-state index contributed by atoms with van der Waals surface area (Å²) in [5, 5.41) is 8.80. The van der Waals surface area contributed by atoms with Crippen LogP contribution in [0, 0.1) is 0 Å². The van der Waals surface area contributed by atoms with Crippen molar-refractivity contribution in [1.82, 2.24) is 29.6 Å². The number of nitrogens with zero attached hydrogens (tertiary/aromatic N) is 6. The Kier molecular flexibility index (Phi) is 5.23. The molecule has 3 heterocycles. The Morgan fingerprint density at radius 2 is 1.96 bits per heavy atom. The van der Waals surface area contributed by atoms with Crippen molar-refractivity contribution < 1.29 is 0 Å². The van der Waals surface area contributed by atoms with Gasteiger partial charge in [0.1, 0.15) is 5.82 Å². The summed E-state index contributed by atoms with van der Waals surface area (Å²) in [6, 6.07) is 4.29. The molecule has 7 nitrogen and oxygen atoms in total. The summed E-state index contributed by atoms with van der Waals surface area (Å²) in [5.74, 6) is 1.51. The minimum atomic E-state index is 0.455. The van der Waals surface area contributed by atoms with Crippen LogP contribution in [0.1, 0.15) is 19.8 Å². The fourth-order valence-electron chi connectivity index (χ4n) is 2.88. The first-order chi connectivity index (χ1) is 12.1. The monoisotopic (exact) mass is 339 g/mol. The number of pyridine rings is 1. The molecule has 0 saturated carbocycles. The number of nitrogens with one attached hydrogen (secondary N) is 1. The van der Waals surface area contributed by atoms with E-state index in [0.29, 0.717) is 11.9 Å². The second-order valence-electron chi connectivity index (χ2n) is 6.42. The average molecular weight is 339 g/mol. The molecule has 3 aromatic heterocycles. The van der Waals surface area contributed by atoms with Gasteiger partial charge in [-0.2, -0.15) is 5.10 Å². The number of aromatic nitrogens is 5. The summed E-state index contributed by atoms with van der Waals surface area (Å²) in [6.45, 7) is 3.04. The lowest BCUT2D eigenvalue weighted by atomic mass is 10.1. The Labute approximate surface area is 148 Å². The second-order valence-corrected chi connectivity index (χ2v) is 6.42. The summed E-state index contributed by atoms with van der Waals surface area (Å²) in [5.41, 5.74) is 1.76. The van der Waals surface area contributed by atoms with Gasteiger partial charge in [0.25, 0.3) is 0 Å². The van der Waals surface area contributed by atoms with E-state index in [-0.39, 0.29) is 0 Å². The predicted molar refractivity (Wildman–Crippen MR) is 100 cm³/mol. The van der Waals surface area contributed by atoms with Crippen LogP contribution in [0.5, 0.6) is 0 Å². The minimum Gasteiger partial charge on any atom is -0.368 e. The number of likely N-dealkylation sites (N-methyl/N-ethyl adjacent to an activating group) is 1.